The fraction of sp³-hybridized carbons (Fsp3) is 0.188. The molecule has 0 bridgehead atoms. The summed E-state index contributed by atoms with van der Waals surface area (Å²) in [6, 6.07) is 11.7. The molecule has 1 unspecified atom stereocenters. The fourth-order valence-corrected chi connectivity index (χ4v) is 2.48. The Morgan fingerprint density at radius 2 is 1.58 bits per heavy atom. The van der Waals surface area contributed by atoms with Crippen LogP contribution in [0, 0.1) is 20.8 Å². The molecule has 0 spiro atoms. The van der Waals surface area contributed by atoms with Gasteiger partial charge in [-0.1, -0.05) is 36.4 Å². The van der Waals surface area contributed by atoms with Gasteiger partial charge in [0.2, 0.25) is 0 Å². The third kappa shape index (κ3) is 3.18. The number of hydrogen-bond donors (Lipinski definition) is 0. The van der Waals surface area contributed by atoms with Gasteiger partial charge in [-0.15, -0.1) is 9.24 Å². The minimum atomic E-state index is 0. The van der Waals surface area contributed by atoms with Crippen molar-refractivity contribution < 1.29 is 25.1 Å². The standard InChI is InChI=1S/C16H17OP.Li.H/c1-10-8-9-11(2)15(12(10)3)16(17)13-6-4-5-7-14(13)18;;/h4-9H,18H2,1-3H3;;/q;+1;-1. The molecule has 0 aliphatic heterocycles. The number of ketones is 1. The Morgan fingerprint density at radius 3 is 2.21 bits per heavy atom. The van der Waals surface area contributed by atoms with E-state index >= 15 is 0 Å². The first-order chi connectivity index (χ1) is 8.52. The Kier molecular flexibility index (Phi) is 5.57. The van der Waals surface area contributed by atoms with E-state index in [-0.39, 0.29) is 26.1 Å². The Balaban J connectivity index is 0.00000180. The van der Waals surface area contributed by atoms with Crippen LogP contribution in [-0.2, 0) is 0 Å². The summed E-state index contributed by atoms with van der Waals surface area (Å²) >= 11 is 0. The topological polar surface area (TPSA) is 17.1 Å². The van der Waals surface area contributed by atoms with E-state index in [2.05, 4.69) is 15.3 Å². The zero-order chi connectivity index (χ0) is 13.3. The number of aryl methyl sites for hydroxylation is 2. The van der Waals surface area contributed by atoms with E-state index in [9.17, 15) is 4.79 Å². The summed E-state index contributed by atoms with van der Waals surface area (Å²) < 4.78 is 0. The number of benzene rings is 2. The van der Waals surface area contributed by atoms with Crippen LogP contribution in [0.2, 0.25) is 0 Å². The van der Waals surface area contributed by atoms with Gasteiger partial charge in [0.1, 0.15) is 0 Å². The molecule has 3 heteroatoms. The zero-order valence-corrected chi connectivity index (χ0v) is 13.1. The van der Waals surface area contributed by atoms with Crippen molar-refractivity contribution in [2.75, 3.05) is 0 Å². The van der Waals surface area contributed by atoms with Crippen molar-refractivity contribution in [2.24, 2.45) is 0 Å². The molecule has 2 aromatic carbocycles. The second-order valence-electron chi connectivity index (χ2n) is 4.62. The number of rotatable bonds is 2. The van der Waals surface area contributed by atoms with Crippen LogP contribution >= 0.6 is 9.24 Å². The van der Waals surface area contributed by atoms with Gasteiger partial charge in [-0.25, -0.2) is 0 Å². The zero-order valence-electron chi connectivity index (χ0n) is 12.9. The summed E-state index contributed by atoms with van der Waals surface area (Å²) in [6.45, 7) is 6.05. The molecule has 1 atom stereocenters. The van der Waals surface area contributed by atoms with Gasteiger partial charge >= 0.3 is 18.9 Å². The molecule has 2 aromatic rings. The van der Waals surface area contributed by atoms with E-state index in [4.69, 9.17) is 0 Å². The average Bonchev–Trinajstić information content (AvgIpc) is 2.35. The van der Waals surface area contributed by atoms with Crippen LogP contribution in [0.25, 0.3) is 0 Å². The van der Waals surface area contributed by atoms with Crippen molar-refractivity contribution in [3.63, 3.8) is 0 Å². The molecule has 0 N–H and O–H groups in total. The smallest absolute Gasteiger partial charge is 1.00 e. The molecule has 0 aliphatic carbocycles. The van der Waals surface area contributed by atoms with Crippen molar-refractivity contribution in [1.82, 2.24) is 0 Å². The Morgan fingerprint density at radius 1 is 1.00 bits per heavy atom. The third-order valence-corrected chi connectivity index (χ3v) is 3.88. The molecule has 0 saturated heterocycles. The predicted molar refractivity (Wildman–Crippen MR) is 81.0 cm³/mol. The van der Waals surface area contributed by atoms with Crippen molar-refractivity contribution in [3.05, 3.63) is 64.2 Å². The molecule has 0 radical (unpaired) electrons. The molecule has 19 heavy (non-hydrogen) atoms. The summed E-state index contributed by atoms with van der Waals surface area (Å²) in [6.07, 6.45) is 0. The molecular formula is C16H18LiOP. The van der Waals surface area contributed by atoms with Gasteiger partial charge in [-0.3, -0.25) is 4.79 Å². The maximum absolute atomic E-state index is 12.6. The van der Waals surface area contributed by atoms with E-state index in [0.29, 0.717) is 0 Å². The van der Waals surface area contributed by atoms with E-state index in [1.807, 2.05) is 51.1 Å². The second-order valence-corrected chi connectivity index (χ2v) is 5.24. The first kappa shape index (κ1) is 16.2. The quantitative estimate of drug-likeness (QED) is 0.437. The summed E-state index contributed by atoms with van der Waals surface area (Å²) in [4.78, 5) is 12.6. The molecule has 94 valence electrons. The molecule has 0 heterocycles. The Hall–Kier alpha value is -0.863. The van der Waals surface area contributed by atoms with E-state index in [0.717, 1.165) is 33.1 Å². The summed E-state index contributed by atoms with van der Waals surface area (Å²) in [7, 11) is 2.63. The minimum Gasteiger partial charge on any atom is -1.00 e. The molecule has 0 aliphatic rings. The maximum atomic E-state index is 12.6. The van der Waals surface area contributed by atoms with Crippen LogP contribution in [0.15, 0.2) is 36.4 Å². The molecule has 0 aromatic heterocycles. The predicted octanol–water partition coefficient (Wildman–Crippen LogP) is 0.460. The number of hydrogen-bond acceptors (Lipinski definition) is 1. The number of carbonyl (C=O) groups is 1. The van der Waals surface area contributed by atoms with Crippen LogP contribution in [0.3, 0.4) is 0 Å². The molecular weight excluding hydrogens is 246 g/mol. The molecule has 1 nitrogen and oxygen atoms in total. The van der Waals surface area contributed by atoms with Crippen molar-refractivity contribution in [1.29, 1.82) is 0 Å². The maximum Gasteiger partial charge on any atom is 1.00 e. The summed E-state index contributed by atoms with van der Waals surface area (Å²) in [5, 5.41) is 0.947. The van der Waals surface area contributed by atoms with Gasteiger partial charge in [0.05, 0.1) is 0 Å². The van der Waals surface area contributed by atoms with E-state index in [1.165, 1.54) is 0 Å². The largest absolute Gasteiger partial charge is 1.00 e. The average molecular weight is 264 g/mol. The Bertz CT molecular complexity index is 626. The van der Waals surface area contributed by atoms with Gasteiger partial charge < -0.3 is 1.43 Å². The summed E-state index contributed by atoms with van der Waals surface area (Å²) in [5.41, 5.74) is 4.87. The summed E-state index contributed by atoms with van der Waals surface area (Å²) in [5.74, 6) is 0.110. The van der Waals surface area contributed by atoms with Gasteiger partial charge in [-0.05, 0) is 42.8 Å². The van der Waals surface area contributed by atoms with Crippen LogP contribution in [0.4, 0.5) is 0 Å². The Labute approximate surface area is 130 Å². The molecule has 2 rings (SSSR count). The second kappa shape index (κ2) is 6.53. The molecule has 0 saturated carbocycles. The van der Waals surface area contributed by atoms with Gasteiger partial charge in [0.25, 0.3) is 0 Å². The third-order valence-electron chi connectivity index (χ3n) is 3.38. The van der Waals surface area contributed by atoms with Crippen LogP contribution in [0.5, 0.6) is 0 Å². The van der Waals surface area contributed by atoms with Crippen molar-refractivity contribution >= 4 is 20.3 Å². The van der Waals surface area contributed by atoms with Gasteiger partial charge in [0.15, 0.2) is 5.78 Å². The fourth-order valence-electron chi connectivity index (χ4n) is 2.14. The van der Waals surface area contributed by atoms with Crippen molar-refractivity contribution in [2.45, 2.75) is 20.8 Å². The van der Waals surface area contributed by atoms with Crippen LogP contribution in [-0.4, -0.2) is 5.78 Å². The SMILES string of the molecule is Cc1ccc(C)c(C(=O)c2ccccc2P)c1C.[H-].[Li+]. The minimum absolute atomic E-state index is 0. The van der Waals surface area contributed by atoms with Gasteiger partial charge in [-0.2, -0.15) is 0 Å². The van der Waals surface area contributed by atoms with Crippen LogP contribution in [0.1, 0.15) is 34.0 Å². The first-order valence-corrected chi connectivity index (χ1v) is 6.56. The van der Waals surface area contributed by atoms with Crippen molar-refractivity contribution in [3.8, 4) is 0 Å². The van der Waals surface area contributed by atoms with E-state index < -0.39 is 0 Å². The molecule has 0 amide bonds. The normalized spacial score (nSPS) is 9.89. The van der Waals surface area contributed by atoms with Gasteiger partial charge in [0, 0.05) is 11.1 Å². The molecule has 0 fully saturated rings. The van der Waals surface area contributed by atoms with E-state index in [1.54, 1.807) is 0 Å². The number of carbonyl (C=O) groups excluding carboxylic acids is 1. The van der Waals surface area contributed by atoms with Crippen LogP contribution < -0.4 is 24.2 Å². The monoisotopic (exact) mass is 264 g/mol. The first-order valence-electron chi connectivity index (χ1n) is 5.98.